The molecule has 0 spiro atoms. The van der Waals surface area contributed by atoms with Crippen molar-refractivity contribution in [3.05, 3.63) is 0 Å². The molecular formula is C9H17FIN3S. The molecule has 1 aliphatic rings. The van der Waals surface area contributed by atoms with Crippen LogP contribution in [0.3, 0.4) is 0 Å². The standard InChI is InChI=1S/C9H17FIN3S/c1-7(9(10)11)15-8(12)6-14-4-2-13-3-5-14/h7,9,12-13H,2-6H2,1H3. The maximum absolute atomic E-state index is 12.9. The molecule has 88 valence electrons. The summed E-state index contributed by atoms with van der Waals surface area (Å²) in [6.45, 7) is 6.45. The Bertz CT molecular complexity index is 210. The number of alkyl halides is 2. The van der Waals surface area contributed by atoms with Gasteiger partial charge in [-0.1, -0.05) is 0 Å². The van der Waals surface area contributed by atoms with Crippen molar-refractivity contribution >= 4 is 39.4 Å². The fraction of sp³-hybridized carbons (Fsp3) is 0.889. The number of piperazine rings is 1. The maximum atomic E-state index is 12.9. The molecule has 1 fully saturated rings. The lowest BCUT2D eigenvalue weighted by molar-refractivity contribution is 0.273. The van der Waals surface area contributed by atoms with Crippen LogP contribution in [0.25, 0.3) is 0 Å². The lowest BCUT2D eigenvalue weighted by atomic mass is 10.4. The topological polar surface area (TPSA) is 39.1 Å². The second kappa shape index (κ2) is 7.03. The molecule has 0 aromatic carbocycles. The SMILES string of the molecule is CC(SC(=N)CN1CCNCC1)C(F)I. The molecule has 0 saturated carbocycles. The third-order valence-electron chi connectivity index (χ3n) is 2.26. The summed E-state index contributed by atoms with van der Waals surface area (Å²) in [5.41, 5.74) is 0. The summed E-state index contributed by atoms with van der Waals surface area (Å²) in [5.74, 6) is 0. The van der Waals surface area contributed by atoms with Gasteiger partial charge in [-0.25, -0.2) is 4.39 Å². The van der Waals surface area contributed by atoms with E-state index in [1.54, 1.807) is 22.6 Å². The van der Waals surface area contributed by atoms with Gasteiger partial charge >= 0.3 is 0 Å². The van der Waals surface area contributed by atoms with Crippen LogP contribution in [0, 0.1) is 5.41 Å². The second-order valence-electron chi connectivity index (χ2n) is 3.61. The highest BCUT2D eigenvalue weighted by molar-refractivity contribution is 14.1. The highest BCUT2D eigenvalue weighted by Gasteiger charge is 2.17. The Balaban J connectivity index is 2.22. The van der Waals surface area contributed by atoms with E-state index in [-0.39, 0.29) is 5.25 Å². The summed E-state index contributed by atoms with van der Waals surface area (Å²) in [6.07, 6.45) is 0. The van der Waals surface area contributed by atoms with Crippen LogP contribution in [0.1, 0.15) is 6.92 Å². The average Bonchev–Trinajstić information content (AvgIpc) is 2.18. The highest BCUT2D eigenvalue weighted by atomic mass is 127. The number of hydrogen-bond donors (Lipinski definition) is 2. The fourth-order valence-corrected chi connectivity index (χ4v) is 2.63. The van der Waals surface area contributed by atoms with Gasteiger partial charge in [0, 0.05) is 38.0 Å². The molecule has 1 saturated heterocycles. The van der Waals surface area contributed by atoms with Crippen LogP contribution in [0.15, 0.2) is 0 Å². The van der Waals surface area contributed by atoms with Crippen LogP contribution >= 0.6 is 34.4 Å². The van der Waals surface area contributed by atoms with Gasteiger partial charge in [0.25, 0.3) is 0 Å². The minimum absolute atomic E-state index is 0.124. The molecule has 15 heavy (non-hydrogen) atoms. The molecule has 0 aliphatic carbocycles. The van der Waals surface area contributed by atoms with Gasteiger partial charge in [-0.15, -0.1) is 11.8 Å². The summed E-state index contributed by atoms with van der Waals surface area (Å²) >= 11 is 3.10. The van der Waals surface area contributed by atoms with Crippen molar-refractivity contribution in [2.45, 2.75) is 16.4 Å². The Hall–Kier alpha value is 0.600. The van der Waals surface area contributed by atoms with Gasteiger partial charge in [0.15, 0.2) is 4.18 Å². The minimum atomic E-state index is -0.879. The summed E-state index contributed by atoms with van der Waals surface area (Å²) in [4.78, 5) is 2.24. The van der Waals surface area contributed by atoms with Gasteiger partial charge in [0.1, 0.15) is 0 Å². The molecule has 2 N–H and O–H groups in total. The van der Waals surface area contributed by atoms with Crippen LogP contribution in [0.5, 0.6) is 0 Å². The molecule has 0 bridgehead atoms. The largest absolute Gasteiger partial charge is 0.314 e. The van der Waals surface area contributed by atoms with E-state index >= 15 is 0 Å². The Morgan fingerprint density at radius 2 is 2.20 bits per heavy atom. The summed E-state index contributed by atoms with van der Waals surface area (Å²) in [6, 6.07) is 0. The molecular weight excluding hydrogens is 328 g/mol. The number of rotatable bonds is 4. The van der Waals surface area contributed by atoms with Crippen molar-refractivity contribution in [2.75, 3.05) is 32.7 Å². The Kier molecular flexibility index (Phi) is 6.40. The first-order valence-electron chi connectivity index (χ1n) is 5.05. The van der Waals surface area contributed by atoms with Gasteiger partial charge in [-0.2, -0.15) is 0 Å². The van der Waals surface area contributed by atoms with Crippen LogP contribution in [-0.2, 0) is 0 Å². The van der Waals surface area contributed by atoms with E-state index in [2.05, 4.69) is 10.2 Å². The van der Waals surface area contributed by atoms with E-state index in [4.69, 9.17) is 5.41 Å². The number of nitrogens with zero attached hydrogens (tertiary/aromatic N) is 1. The van der Waals surface area contributed by atoms with E-state index < -0.39 is 4.18 Å². The monoisotopic (exact) mass is 345 g/mol. The number of thioether (sulfide) groups is 1. The molecule has 0 radical (unpaired) electrons. The smallest absolute Gasteiger partial charge is 0.163 e. The fourth-order valence-electron chi connectivity index (χ4n) is 1.39. The molecule has 1 aliphatic heterocycles. The highest BCUT2D eigenvalue weighted by Crippen LogP contribution is 2.22. The molecule has 1 rings (SSSR count). The van der Waals surface area contributed by atoms with E-state index in [1.165, 1.54) is 11.8 Å². The summed E-state index contributed by atoms with van der Waals surface area (Å²) < 4.78 is 12.0. The predicted molar refractivity (Wildman–Crippen MR) is 73.0 cm³/mol. The van der Waals surface area contributed by atoms with Crippen LogP contribution < -0.4 is 5.32 Å². The number of nitrogens with one attached hydrogen (secondary N) is 2. The molecule has 3 nitrogen and oxygen atoms in total. The van der Waals surface area contributed by atoms with Crippen LogP contribution in [0.4, 0.5) is 4.39 Å². The third-order valence-corrected chi connectivity index (χ3v) is 4.85. The summed E-state index contributed by atoms with van der Waals surface area (Å²) in [5, 5.41) is 11.5. The first kappa shape index (κ1) is 13.7. The normalized spacial score (nSPS) is 22.3. The van der Waals surface area contributed by atoms with E-state index in [0.29, 0.717) is 11.6 Å². The quantitative estimate of drug-likeness (QED) is 0.353. The van der Waals surface area contributed by atoms with E-state index in [9.17, 15) is 4.39 Å². The second-order valence-corrected chi connectivity index (χ2v) is 6.27. The first-order chi connectivity index (χ1) is 7.09. The molecule has 2 unspecified atom stereocenters. The molecule has 1 heterocycles. The molecule has 0 aromatic rings. The number of hydrogen-bond acceptors (Lipinski definition) is 4. The molecule has 0 aromatic heterocycles. The molecule has 2 atom stereocenters. The van der Waals surface area contributed by atoms with Crippen molar-refractivity contribution < 1.29 is 4.39 Å². The lowest BCUT2D eigenvalue weighted by Crippen LogP contribution is -2.45. The molecule has 6 heteroatoms. The zero-order valence-electron chi connectivity index (χ0n) is 8.80. The van der Waals surface area contributed by atoms with Crippen molar-refractivity contribution in [1.82, 2.24) is 10.2 Å². The Morgan fingerprint density at radius 3 is 2.73 bits per heavy atom. The minimum Gasteiger partial charge on any atom is -0.314 e. The van der Waals surface area contributed by atoms with Crippen molar-refractivity contribution in [3.8, 4) is 0 Å². The van der Waals surface area contributed by atoms with Crippen LogP contribution in [-0.4, -0.2) is 52.1 Å². The van der Waals surface area contributed by atoms with E-state index in [0.717, 1.165) is 26.2 Å². The number of halogens is 2. The summed E-state index contributed by atoms with van der Waals surface area (Å²) in [7, 11) is 0. The third kappa shape index (κ3) is 5.46. The van der Waals surface area contributed by atoms with Crippen molar-refractivity contribution in [2.24, 2.45) is 0 Å². The van der Waals surface area contributed by atoms with E-state index in [1.807, 2.05) is 6.92 Å². The van der Waals surface area contributed by atoms with Crippen molar-refractivity contribution in [3.63, 3.8) is 0 Å². The Morgan fingerprint density at radius 1 is 1.60 bits per heavy atom. The lowest BCUT2D eigenvalue weighted by Gasteiger charge is -2.27. The Labute approximate surface area is 108 Å². The first-order valence-corrected chi connectivity index (χ1v) is 7.17. The maximum Gasteiger partial charge on any atom is 0.163 e. The predicted octanol–water partition coefficient (Wildman–Crippen LogP) is 1.72. The van der Waals surface area contributed by atoms with Gasteiger partial charge in [0.05, 0.1) is 5.04 Å². The van der Waals surface area contributed by atoms with Crippen molar-refractivity contribution in [1.29, 1.82) is 5.41 Å². The molecule has 0 amide bonds. The average molecular weight is 345 g/mol. The zero-order chi connectivity index (χ0) is 11.3. The van der Waals surface area contributed by atoms with Crippen LogP contribution in [0.2, 0.25) is 0 Å². The van der Waals surface area contributed by atoms with Gasteiger partial charge in [0.2, 0.25) is 0 Å². The van der Waals surface area contributed by atoms with Gasteiger partial charge in [-0.05, 0) is 29.5 Å². The van der Waals surface area contributed by atoms with Gasteiger partial charge in [-0.3, -0.25) is 10.3 Å². The zero-order valence-corrected chi connectivity index (χ0v) is 11.8. The van der Waals surface area contributed by atoms with Gasteiger partial charge < -0.3 is 5.32 Å².